The van der Waals surface area contributed by atoms with Crippen molar-refractivity contribution in [2.75, 3.05) is 0 Å². The molecular formula is C54H36N4O2S. The molecule has 1 N–H and O–H groups in total. The fourth-order valence-electron chi connectivity index (χ4n) is 11.3. The maximum Gasteiger partial charge on any atom is 0.137 e. The number of nitrogens with zero attached hydrogens (tertiary/aromatic N) is 3. The first kappa shape index (κ1) is 33.0. The van der Waals surface area contributed by atoms with E-state index in [1.807, 2.05) is 17.4 Å². The number of hydrogen-bond donors (Lipinski definition) is 1. The van der Waals surface area contributed by atoms with Crippen LogP contribution in [-0.4, -0.2) is 23.5 Å². The summed E-state index contributed by atoms with van der Waals surface area (Å²) in [5.74, 6) is 4.43. The molecule has 0 spiro atoms. The molecular weight excluding hydrogens is 769 g/mol. The van der Waals surface area contributed by atoms with E-state index in [4.69, 9.17) is 23.8 Å². The van der Waals surface area contributed by atoms with Crippen LogP contribution >= 0.6 is 11.3 Å². The van der Waals surface area contributed by atoms with Crippen LogP contribution in [0.4, 0.5) is 0 Å². The first-order chi connectivity index (χ1) is 30.2. The van der Waals surface area contributed by atoms with E-state index in [-0.39, 0.29) is 12.1 Å². The van der Waals surface area contributed by atoms with Crippen LogP contribution in [0.3, 0.4) is 0 Å². The van der Waals surface area contributed by atoms with Gasteiger partial charge in [0.1, 0.15) is 40.0 Å². The molecule has 7 aliphatic rings. The molecule has 61 heavy (non-hydrogen) atoms. The Bertz CT molecular complexity index is 3590. The van der Waals surface area contributed by atoms with E-state index in [2.05, 4.69) is 151 Å². The van der Waals surface area contributed by atoms with Gasteiger partial charge in [-0.2, -0.15) is 0 Å². The Hall–Kier alpha value is -6.83. The van der Waals surface area contributed by atoms with Crippen molar-refractivity contribution in [3.63, 3.8) is 0 Å². The number of nitrogens with one attached hydrogen (secondary N) is 1. The van der Waals surface area contributed by atoms with Gasteiger partial charge in [-0.1, -0.05) is 115 Å². The van der Waals surface area contributed by atoms with Crippen LogP contribution in [-0.2, 0) is 0 Å². The summed E-state index contributed by atoms with van der Waals surface area (Å²) in [4.78, 5) is 17.7. The molecule has 8 aromatic rings. The number of allylic oxidation sites excluding steroid dienone is 5. The molecule has 7 atom stereocenters. The molecule has 7 unspecified atom stereocenters. The highest BCUT2D eigenvalue weighted by Gasteiger charge is 2.56. The minimum atomic E-state index is -0.0726. The number of aliphatic imine (C=N–C) groups is 3. The van der Waals surface area contributed by atoms with Crippen LogP contribution in [0.25, 0.3) is 60.8 Å². The van der Waals surface area contributed by atoms with Crippen molar-refractivity contribution in [3.05, 3.63) is 183 Å². The minimum absolute atomic E-state index is 0.0726. The number of para-hydroxylation sites is 1. The lowest BCUT2D eigenvalue weighted by atomic mass is 10.0. The van der Waals surface area contributed by atoms with E-state index < -0.39 is 0 Å². The average Bonchev–Trinajstić information content (AvgIpc) is 4.25. The molecule has 0 radical (unpaired) electrons. The van der Waals surface area contributed by atoms with Gasteiger partial charge in [0.2, 0.25) is 0 Å². The summed E-state index contributed by atoms with van der Waals surface area (Å²) in [6.07, 6.45) is 14.8. The Kier molecular flexibility index (Phi) is 6.44. The number of amidine groups is 2. The molecule has 7 heteroatoms. The molecule has 0 saturated heterocycles. The summed E-state index contributed by atoms with van der Waals surface area (Å²) in [6.45, 7) is 0. The topological polar surface area (TPSA) is 75.4 Å². The van der Waals surface area contributed by atoms with Gasteiger partial charge in [0, 0.05) is 60.5 Å². The number of hydrogen-bond acceptors (Lipinski definition) is 7. The number of thiophene rings is 1. The maximum absolute atomic E-state index is 6.78. The fourth-order valence-corrected chi connectivity index (χ4v) is 12.6. The van der Waals surface area contributed by atoms with Crippen molar-refractivity contribution in [2.45, 2.75) is 18.5 Å². The molecule has 15 rings (SSSR count). The zero-order valence-electron chi connectivity index (χ0n) is 32.8. The third-order valence-electron chi connectivity index (χ3n) is 14.4. The van der Waals surface area contributed by atoms with Crippen molar-refractivity contribution < 1.29 is 8.83 Å². The molecule has 0 amide bonds. The van der Waals surface area contributed by atoms with Crippen molar-refractivity contribution in [2.24, 2.45) is 50.5 Å². The van der Waals surface area contributed by atoms with Gasteiger partial charge in [-0.3, -0.25) is 0 Å². The molecule has 5 aliphatic carbocycles. The first-order valence-electron chi connectivity index (χ1n) is 21.6. The standard InChI is InChI=1S/C54H36N4O2S/c1-2-11-27(12-3-1)50-51-46(33-16-7-9-20-44(33)61-51)37-25-39(37)49(55-50)28-21-22-32-42(23-28)60-41-19-10-17-34(45(32)41)52-56-53(47-30-14-4-5-15-31(30)47)58-54(57-52)48-36-24-35-29-13-6-8-18-40(29)59-43(35)26-38(36)48/h1-24,26,30-31,36-38,47-48,53H,25H2,(H,56,57,58). The Balaban J connectivity index is 0.839. The van der Waals surface area contributed by atoms with Crippen molar-refractivity contribution in [3.8, 4) is 0 Å². The first-order valence-corrected chi connectivity index (χ1v) is 22.4. The van der Waals surface area contributed by atoms with E-state index in [0.717, 1.165) is 79.1 Å². The Morgan fingerprint density at radius 3 is 2.36 bits per heavy atom. The number of rotatable bonds is 5. The largest absolute Gasteiger partial charge is 0.456 e. The van der Waals surface area contributed by atoms with Crippen LogP contribution in [0.15, 0.2) is 169 Å². The third-order valence-corrected chi connectivity index (χ3v) is 15.6. The molecule has 5 heterocycles. The third kappa shape index (κ3) is 4.75. The maximum atomic E-state index is 6.78. The van der Waals surface area contributed by atoms with E-state index >= 15 is 0 Å². The monoisotopic (exact) mass is 804 g/mol. The van der Waals surface area contributed by atoms with E-state index in [1.165, 1.54) is 36.7 Å². The lowest BCUT2D eigenvalue weighted by Crippen LogP contribution is -2.41. The smallest absolute Gasteiger partial charge is 0.137 e. The number of furan rings is 2. The normalized spacial score (nSPS) is 27.4. The summed E-state index contributed by atoms with van der Waals surface area (Å²) >= 11 is 1.87. The molecule has 5 aromatic carbocycles. The number of fused-ring (bicyclic) bond motifs is 13. The molecule has 6 nitrogen and oxygen atoms in total. The quantitative estimate of drug-likeness (QED) is 0.188. The van der Waals surface area contributed by atoms with Crippen LogP contribution in [0, 0.1) is 35.5 Å². The second-order valence-electron chi connectivity index (χ2n) is 17.7. The van der Waals surface area contributed by atoms with Gasteiger partial charge in [-0.05, 0) is 83.0 Å². The van der Waals surface area contributed by atoms with Gasteiger partial charge in [-0.25, -0.2) is 15.0 Å². The molecule has 0 bridgehead atoms. The van der Waals surface area contributed by atoms with Crippen molar-refractivity contribution in [1.29, 1.82) is 0 Å². The molecule has 3 saturated carbocycles. The molecule has 3 fully saturated rings. The van der Waals surface area contributed by atoms with Gasteiger partial charge in [0.05, 0.1) is 16.3 Å². The summed E-state index contributed by atoms with van der Waals surface area (Å²) < 4.78 is 14.4. The van der Waals surface area contributed by atoms with E-state index in [1.54, 1.807) is 0 Å². The predicted octanol–water partition coefficient (Wildman–Crippen LogP) is 10.5. The SMILES string of the molecule is C1=CC2C(C=C1)C2C1N=C(C2C3C=c4oc5ccccc5c4=CC32)N=C(c2cccc3oc4cc(C5=C6CC6c6c(sc7ccccc67)C(c6ccccc6)=N5)ccc4c23)N1. The molecule has 2 aliphatic heterocycles. The van der Waals surface area contributed by atoms with Gasteiger partial charge in [0.15, 0.2) is 0 Å². The van der Waals surface area contributed by atoms with Gasteiger partial charge >= 0.3 is 0 Å². The zero-order chi connectivity index (χ0) is 39.5. The highest BCUT2D eigenvalue weighted by Crippen LogP contribution is 2.58. The highest BCUT2D eigenvalue weighted by molar-refractivity contribution is 7.21. The van der Waals surface area contributed by atoms with Gasteiger partial charge in [-0.15, -0.1) is 11.3 Å². The lowest BCUT2D eigenvalue weighted by Gasteiger charge is -2.24. The summed E-state index contributed by atoms with van der Waals surface area (Å²) in [6, 6.07) is 41.0. The Morgan fingerprint density at radius 2 is 1.46 bits per heavy atom. The van der Waals surface area contributed by atoms with Gasteiger partial charge in [0.25, 0.3) is 0 Å². The average molecular weight is 805 g/mol. The van der Waals surface area contributed by atoms with E-state index in [0.29, 0.717) is 35.5 Å². The van der Waals surface area contributed by atoms with Crippen LogP contribution in [0.5, 0.6) is 0 Å². The summed E-state index contributed by atoms with van der Waals surface area (Å²) in [5.41, 5.74) is 11.9. The zero-order valence-corrected chi connectivity index (χ0v) is 33.6. The van der Waals surface area contributed by atoms with Crippen molar-refractivity contribution >= 4 is 89.6 Å². The molecule has 290 valence electrons. The Labute approximate surface area is 354 Å². The predicted molar refractivity (Wildman–Crippen MR) is 246 cm³/mol. The minimum Gasteiger partial charge on any atom is -0.456 e. The number of benzene rings is 5. The Morgan fingerprint density at radius 1 is 0.656 bits per heavy atom. The summed E-state index contributed by atoms with van der Waals surface area (Å²) in [5, 5.41) is 9.76. The lowest BCUT2D eigenvalue weighted by molar-refractivity contribution is 0.527. The van der Waals surface area contributed by atoms with E-state index in [9.17, 15) is 0 Å². The second-order valence-corrected chi connectivity index (χ2v) is 18.8. The summed E-state index contributed by atoms with van der Waals surface area (Å²) in [7, 11) is 0. The second kappa shape index (κ2) is 11.9. The highest BCUT2D eigenvalue weighted by atomic mass is 32.1. The van der Waals surface area contributed by atoms with Crippen LogP contribution in [0.1, 0.15) is 39.5 Å². The van der Waals surface area contributed by atoms with Crippen LogP contribution in [0.2, 0.25) is 0 Å². The van der Waals surface area contributed by atoms with Crippen LogP contribution < -0.4 is 16.0 Å². The fraction of sp³-hybridized carbons (Fsp3) is 0.167. The van der Waals surface area contributed by atoms with Gasteiger partial charge < -0.3 is 14.2 Å². The molecule has 3 aromatic heterocycles. The van der Waals surface area contributed by atoms with Crippen molar-refractivity contribution in [1.82, 2.24) is 5.32 Å².